The van der Waals surface area contributed by atoms with E-state index in [0.717, 1.165) is 12.0 Å². The minimum Gasteiger partial charge on any atom is -0.490 e. The molecule has 0 atom stereocenters. The summed E-state index contributed by atoms with van der Waals surface area (Å²) >= 11 is 0. The zero-order valence-corrected chi connectivity index (χ0v) is 16.8. The number of nitrogens with zero attached hydrogens (tertiary/aromatic N) is 3. The maximum absolute atomic E-state index is 13.2. The van der Waals surface area contributed by atoms with Crippen LogP contribution in [0.15, 0.2) is 58.4 Å². The SMILES string of the molecule is O=c1c2cc3c(=O)n(Cc4ccc5c(c4)OCCCO5)ccc3nc2ccn1CCO. The van der Waals surface area contributed by atoms with E-state index in [4.69, 9.17) is 14.6 Å². The van der Waals surface area contributed by atoms with Gasteiger partial charge in [-0.25, -0.2) is 4.98 Å². The second-order valence-corrected chi connectivity index (χ2v) is 7.47. The molecule has 1 aromatic carbocycles. The van der Waals surface area contributed by atoms with Crippen LogP contribution in [0.4, 0.5) is 0 Å². The molecule has 0 saturated carbocycles. The molecule has 8 nitrogen and oxygen atoms in total. The molecule has 0 amide bonds. The number of ether oxygens (including phenoxy) is 2. The summed E-state index contributed by atoms with van der Waals surface area (Å²) in [5.41, 5.74) is 1.46. The van der Waals surface area contributed by atoms with Crippen LogP contribution in [0.1, 0.15) is 12.0 Å². The van der Waals surface area contributed by atoms with E-state index in [1.54, 1.807) is 35.2 Å². The Morgan fingerprint density at radius 1 is 0.871 bits per heavy atom. The maximum Gasteiger partial charge on any atom is 0.260 e. The highest BCUT2D eigenvalue weighted by Crippen LogP contribution is 2.30. The molecule has 4 heterocycles. The number of hydrogen-bond acceptors (Lipinski definition) is 6. The Bertz CT molecular complexity index is 1410. The molecule has 0 unspecified atom stereocenters. The van der Waals surface area contributed by atoms with Gasteiger partial charge in [0, 0.05) is 25.4 Å². The van der Waals surface area contributed by atoms with Crippen molar-refractivity contribution in [2.45, 2.75) is 19.5 Å². The van der Waals surface area contributed by atoms with Crippen molar-refractivity contribution in [3.8, 4) is 11.5 Å². The molecular formula is C23H21N3O5. The summed E-state index contributed by atoms with van der Waals surface area (Å²) in [4.78, 5) is 30.3. The fourth-order valence-corrected chi connectivity index (χ4v) is 3.82. The molecule has 5 rings (SSSR count). The van der Waals surface area contributed by atoms with Crippen molar-refractivity contribution in [1.29, 1.82) is 0 Å². The minimum atomic E-state index is -0.279. The third-order valence-electron chi connectivity index (χ3n) is 5.39. The Morgan fingerprint density at radius 2 is 1.55 bits per heavy atom. The summed E-state index contributed by atoms with van der Waals surface area (Å²) in [6.07, 6.45) is 4.14. The Labute approximate surface area is 176 Å². The monoisotopic (exact) mass is 419 g/mol. The zero-order valence-electron chi connectivity index (χ0n) is 16.8. The summed E-state index contributed by atoms with van der Waals surface area (Å²) in [5.74, 6) is 1.39. The fourth-order valence-electron chi connectivity index (χ4n) is 3.82. The molecular weight excluding hydrogens is 398 g/mol. The molecule has 31 heavy (non-hydrogen) atoms. The highest BCUT2D eigenvalue weighted by atomic mass is 16.5. The van der Waals surface area contributed by atoms with Gasteiger partial charge in [-0.2, -0.15) is 0 Å². The van der Waals surface area contributed by atoms with Gasteiger partial charge in [0.15, 0.2) is 11.5 Å². The average Bonchev–Trinajstić information content (AvgIpc) is 3.02. The van der Waals surface area contributed by atoms with E-state index in [2.05, 4.69) is 4.98 Å². The molecule has 158 valence electrons. The molecule has 0 radical (unpaired) electrons. The average molecular weight is 419 g/mol. The van der Waals surface area contributed by atoms with Crippen molar-refractivity contribution in [3.63, 3.8) is 0 Å². The number of benzene rings is 1. The lowest BCUT2D eigenvalue weighted by Crippen LogP contribution is -2.23. The first kappa shape index (κ1) is 19.3. The molecule has 0 spiro atoms. The van der Waals surface area contributed by atoms with Gasteiger partial charge in [0.05, 0.1) is 48.2 Å². The standard InChI is InChI=1S/C23H21N3O5/c27-9-8-25-6-4-18-16(22(25)28)13-17-19(24-18)5-7-26(23(17)29)14-15-2-3-20-21(12-15)31-11-1-10-30-20/h2-7,12-13,27H,1,8-11,14H2. The summed E-state index contributed by atoms with van der Waals surface area (Å²) in [5, 5.41) is 9.89. The number of pyridine rings is 3. The smallest absolute Gasteiger partial charge is 0.260 e. The molecule has 3 aromatic heterocycles. The predicted octanol–water partition coefficient (Wildman–Crippen LogP) is 1.91. The Balaban J connectivity index is 1.57. The van der Waals surface area contributed by atoms with Crippen molar-refractivity contribution < 1.29 is 14.6 Å². The molecule has 0 fully saturated rings. The van der Waals surface area contributed by atoms with E-state index in [1.165, 1.54) is 4.57 Å². The van der Waals surface area contributed by atoms with Crippen LogP contribution < -0.4 is 20.6 Å². The van der Waals surface area contributed by atoms with E-state index in [0.29, 0.717) is 53.1 Å². The number of rotatable bonds is 4. The van der Waals surface area contributed by atoms with Gasteiger partial charge in [-0.3, -0.25) is 9.59 Å². The lowest BCUT2D eigenvalue weighted by atomic mass is 10.1. The van der Waals surface area contributed by atoms with Gasteiger partial charge in [0.2, 0.25) is 0 Å². The first-order valence-electron chi connectivity index (χ1n) is 10.2. The second kappa shape index (κ2) is 7.88. The maximum atomic E-state index is 13.2. The van der Waals surface area contributed by atoms with Gasteiger partial charge in [0.1, 0.15) is 0 Å². The molecule has 0 aliphatic carbocycles. The highest BCUT2D eigenvalue weighted by Gasteiger charge is 2.13. The topological polar surface area (TPSA) is 95.6 Å². The number of aromatic nitrogens is 3. The minimum absolute atomic E-state index is 0.144. The summed E-state index contributed by atoms with van der Waals surface area (Å²) in [7, 11) is 0. The zero-order chi connectivity index (χ0) is 21.4. The van der Waals surface area contributed by atoms with E-state index in [9.17, 15) is 9.59 Å². The largest absolute Gasteiger partial charge is 0.490 e. The van der Waals surface area contributed by atoms with Crippen molar-refractivity contribution in [2.24, 2.45) is 0 Å². The molecule has 4 aromatic rings. The lowest BCUT2D eigenvalue weighted by Gasteiger charge is -2.11. The van der Waals surface area contributed by atoms with Crippen LogP contribution in [0.2, 0.25) is 0 Å². The number of aliphatic hydroxyl groups excluding tert-OH is 1. The van der Waals surface area contributed by atoms with Gasteiger partial charge in [0.25, 0.3) is 11.1 Å². The van der Waals surface area contributed by atoms with Crippen LogP contribution in [0.3, 0.4) is 0 Å². The molecule has 0 saturated heterocycles. The van der Waals surface area contributed by atoms with Crippen LogP contribution in [0.5, 0.6) is 11.5 Å². The van der Waals surface area contributed by atoms with Crippen LogP contribution in [-0.4, -0.2) is 39.0 Å². The number of aliphatic hydroxyl groups is 1. The first-order valence-corrected chi connectivity index (χ1v) is 10.2. The summed E-state index contributed by atoms with van der Waals surface area (Å²) in [6, 6.07) is 10.8. The van der Waals surface area contributed by atoms with Crippen molar-refractivity contribution >= 4 is 21.8 Å². The normalized spacial score (nSPS) is 13.5. The second-order valence-electron chi connectivity index (χ2n) is 7.47. The van der Waals surface area contributed by atoms with E-state index in [1.807, 2.05) is 18.2 Å². The third-order valence-corrected chi connectivity index (χ3v) is 5.39. The van der Waals surface area contributed by atoms with Gasteiger partial charge >= 0.3 is 0 Å². The van der Waals surface area contributed by atoms with E-state index < -0.39 is 0 Å². The van der Waals surface area contributed by atoms with Crippen molar-refractivity contribution in [3.05, 3.63) is 75.1 Å². The van der Waals surface area contributed by atoms with Crippen LogP contribution in [0, 0.1) is 0 Å². The number of hydrogen-bond donors (Lipinski definition) is 1. The third kappa shape index (κ3) is 3.55. The first-order chi connectivity index (χ1) is 15.1. The van der Waals surface area contributed by atoms with E-state index >= 15 is 0 Å². The highest BCUT2D eigenvalue weighted by molar-refractivity contribution is 5.91. The van der Waals surface area contributed by atoms with Crippen molar-refractivity contribution in [1.82, 2.24) is 14.1 Å². The van der Waals surface area contributed by atoms with Gasteiger partial charge in [-0.1, -0.05) is 6.07 Å². The lowest BCUT2D eigenvalue weighted by molar-refractivity contribution is 0.274. The number of fused-ring (bicyclic) bond motifs is 3. The summed E-state index contributed by atoms with van der Waals surface area (Å²) in [6.45, 7) is 1.62. The molecule has 1 aliphatic heterocycles. The summed E-state index contributed by atoms with van der Waals surface area (Å²) < 4.78 is 14.4. The molecule has 1 aliphatic rings. The van der Waals surface area contributed by atoms with E-state index in [-0.39, 0.29) is 24.3 Å². The Kier molecular flexibility index (Phi) is 4.91. The predicted molar refractivity (Wildman–Crippen MR) is 116 cm³/mol. The van der Waals surface area contributed by atoms with Crippen LogP contribution in [0.25, 0.3) is 21.8 Å². The quantitative estimate of drug-likeness (QED) is 0.508. The van der Waals surface area contributed by atoms with Crippen molar-refractivity contribution in [2.75, 3.05) is 19.8 Å². The molecule has 8 heteroatoms. The van der Waals surface area contributed by atoms with Crippen LogP contribution >= 0.6 is 0 Å². The molecule has 1 N–H and O–H groups in total. The Morgan fingerprint density at radius 3 is 2.29 bits per heavy atom. The molecule has 0 bridgehead atoms. The Hall–Kier alpha value is -3.65. The fraction of sp³-hybridized carbons (Fsp3) is 0.261. The van der Waals surface area contributed by atoms with Gasteiger partial charge in [-0.05, 0) is 35.9 Å². The van der Waals surface area contributed by atoms with Crippen LogP contribution in [-0.2, 0) is 13.1 Å². The van der Waals surface area contributed by atoms with Gasteiger partial charge in [-0.15, -0.1) is 0 Å². The van der Waals surface area contributed by atoms with Gasteiger partial charge < -0.3 is 23.7 Å².